The third-order valence-corrected chi connectivity index (χ3v) is 0.304. The number of hydrogen-bond donors (Lipinski definition) is 1. The summed E-state index contributed by atoms with van der Waals surface area (Å²) in [5.41, 5.74) is 0. The van der Waals surface area contributed by atoms with Gasteiger partial charge in [-0.3, -0.25) is 0 Å². The summed E-state index contributed by atoms with van der Waals surface area (Å²) >= 11 is 0. The Balaban J connectivity index is 2.72. The van der Waals surface area contributed by atoms with Gasteiger partial charge >= 0.3 is 0 Å². The second-order valence-electron chi connectivity index (χ2n) is 0.813. The smallest absolute Gasteiger partial charge is 0.146 e. The molecule has 0 unspecified atom stereocenters. The van der Waals surface area contributed by atoms with Crippen molar-refractivity contribution in [2.75, 3.05) is 6.61 Å². The van der Waals surface area contributed by atoms with Crippen LogP contribution in [0.5, 0.6) is 0 Å². The lowest BCUT2D eigenvalue weighted by Gasteiger charge is -1.94. The van der Waals surface area contributed by atoms with E-state index in [-0.39, 0.29) is 6.61 Å². The largest absolute Gasteiger partial charge is 0.219 e. The Kier molecular flexibility index (Phi) is 7.68. The van der Waals surface area contributed by atoms with E-state index in [2.05, 4.69) is 36.0 Å². The Morgan fingerprint density at radius 2 is 1.90 bits per heavy atom. The number of hydrogen-bond acceptors (Lipinski definition) is 7. The highest BCUT2D eigenvalue weighted by atomic mass is 17.9. The van der Waals surface area contributed by atoms with Gasteiger partial charge in [0.05, 0.1) is 0 Å². The van der Waals surface area contributed by atoms with Gasteiger partial charge in [0.2, 0.25) is 0 Å². The van der Waals surface area contributed by atoms with Gasteiger partial charge in [0.15, 0.2) is 0 Å². The van der Waals surface area contributed by atoms with E-state index in [1.54, 1.807) is 0 Å². The molecule has 0 aromatic heterocycles. The standard InChI is InChI=1S/C3H4O7/c1-2-3-5-7-9-10-8-6-4/h1,4H,3H2. The fourth-order valence-corrected chi connectivity index (χ4v) is 0.113. The Morgan fingerprint density at radius 3 is 2.50 bits per heavy atom. The van der Waals surface area contributed by atoms with E-state index in [1.807, 2.05) is 0 Å². The summed E-state index contributed by atoms with van der Waals surface area (Å²) in [5.74, 6) is 2.05. The highest BCUT2D eigenvalue weighted by molar-refractivity contribution is 4.81. The van der Waals surface area contributed by atoms with Crippen molar-refractivity contribution in [2.45, 2.75) is 0 Å². The van der Waals surface area contributed by atoms with Gasteiger partial charge in [0.1, 0.15) is 6.61 Å². The predicted octanol–water partition coefficient (Wildman–Crippen LogP) is -0.233. The van der Waals surface area contributed by atoms with Crippen molar-refractivity contribution in [2.24, 2.45) is 0 Å². The molecule has 7 heteroatoms. The monoisotopic (exact) mass is 152 g/mol. The van der Waals surface area contributed by atoms with Crippen LogP contribution in [0.25, 0.3) is 0 Å². The Morgan fingerprint density at radius 1 is 1.20 bits per heavy atom. The van der Waals surface area contributed by atoms with E-state index in [1.165, 1.54) is 0 Å². The number of terminal acetylenes is 1. The van der Waals surface area contributed by atoms with E-state index in [9.17, 15) is 0 Å². The minimum absolute atomic E-state index is 0.122. The molecule has 0 aliphatic carbocycles. The van der Waals surface area contributed by atoms with E-state index in [0.29, 0.717) is 0 Å². The number of rotatable bonds is 6. The summed E-state index contributed by atoms with van der Waals surface area (Å²) in [5, 5.41) is 24.3. The van der Waals surface area contributed by atoms with Crippen molar-refractivity contribution in [1.82, 2.24) is 0 Å². The van der Waals surface area contributed by atoms with Crippen molar-refractivity contribution < 1.29 is 35.3 Å². The normalized spacial score (nSPS) is 9.20. The summed E-state index contributed by atoms with van der Waals surface area (Å²) in [4.78, 5) is 4.03. The van der Waals surface area contributed by atoms with Gasteiger partial charge in [-0.15, -0.1) is 6.42 Å². The molecule has 0 amide bonds. The van der Waals surface area contributed by atoms with Crippen LogP contribution in [-0.2, 0) is 30.1 Å². The van der Waals surface area contributed by atoms with E-state index < -0.39 is 0 Å². The zero-order valence-electron chi connectivity index (χ0n) is 4.68. The van der Waals surface area contributed by atoms with Gasteiger partial charge in [-0.1, -0.05) is 5.92 Å². The van der Waals surface area contributed by atoms with Gasteiger partial charge in [-0.25, -0.2) is 5.26 Å². The Bertz CT molecular complexity index is 95.5. The summed E-state index contributed by atoms with van der Waals surface area (Å²) < 4.78 is 0. The molecule has 1 N–H and O–H groups in total. The van der Waals surface area contributed by atoms with Crippen LogP contribution in [0.15, 0.2) is 0 Å². The summed E-state index contributed by atoms with van der Waals surface area (Å²) in [7, 11) is 0. The highest BCUT2D eigenvalue weighted by Crippen LogP contribution is 1.83. The van der Waals surface area contributed by atoms with E-state index in [4.69, 9.17) is 11.7 Å². The molecule has 0 heterocycles. The minimum Gasteiger partial charge on any atom is -0.219 e. The first-order valence-corrected chi connectivity index (χ1v) is 1.95. The molecule has 0 rings (SSSR count). The first-order valence-electron chi connectivity index (χ1n) is 1.95. The first-order chi connectivity index (χ1) is 4.91. The SMILES string of the molecule is C#CCOOOOOOO. The topological polar surface area (TPSA) is 75.6 Å². The average molecular weight is 152 g/mol. The van der Waals surface area contributed by atoms with Crippen molar-refractivity contribution in [1.29, 1.82) is 0 Å². The van der Waals surface area contributed by atoms with Crippen molar-refractivity contribution in [3.8, 4) is 12.3 Å². The average Bonchev–Trinajstić information content (AvgIpc) is 1.97. The fourth-order valence-electron chi connectivity index (χ4n) is 0.113. The predicted molar refractivity (Wildman–Crippen MR) is 22.8 cm³/mol. The summed E-state index contributed by atoms with van der Waals surface area (Å²) in [6, 6.07) is 0. The van der Waals surface area contributed by atoms with Crippen molar-refractivity contribution in [3.63, 3.8) is 0 Å². The van der Waals surface area contributed by atoms with Gasteiger partial charge in [-0.2, -0.15) is 4.89 Å². The van der Waals surface area contributed by atoms with Crippen LogP contribution in [0.4, 0.5) is 0 Å². The molecule has 10 heavy (non-hydrogen) atoms. The molecule has 0 aliphatic heterocycles. The first kappa shape index (κ1) is 9.28. The molecule has 0 saturated heterocycles. The van der Waals surface area contributed by atoms with Crippen LogP contribution < -0.4 is 0 Å². The maximum atomic E-state index is 7.41. The van der Waals surface area contributed by atoms with Crippen molar-refractivity contribution in [3.05, 3.63) is 0 Å². The summed E-state index contributed by atoms with van der Waals surface area (Å²) in [6.07, 6.45) is 4.72. The van der Waals surface area contributed by atoms with Crippen LogP contribution in [0, 0.1) is 12.3 Å². The highest BCUT2D eigenvalue weighted by Gasteiger charge is 1.88. The summed E-state index contributed by atoms with van der Waals surface area (Å²) in [6.45, 7) is -0.122. The maximum Gasteiger partial charge on any atom is 0.146 e. The molecule has 0 fully saturated rings. The Labute approximate surface area is 55.5 Å². The molecule has 58 valence electrons. The molecule has 0 saturated carbocycles. The van der Waals surface area contributed by atoms with Crippen LogP contribution in [-0.4, -0.2) is 11.9 Å². The van der Waals surface area contributed by atoms with Gasteiger partial charge < -0.3 is 0 Å². The lowest BCUT2D eigenvalue weighted by Crippen LogP contribution is -1.99. The van der Waals surface area contributed by atoms with Gasteiger partial charge in [0, 0.05) is 0 Å². The maximum absolute atomic E-state index is 7.41. The van der Waals surface area contributed by atoms with Crippen molar-refractivity contribution >= 4 is 0 Å². The lowest BCUT2D eigenvalue weighted by molar-refractivity contribution is -0.786. The molecule has 0 radical (unpaired) electrons. The molecule has 0 spiro atoms. The zero-order chi connectivity index (χ0) is 7.66. The second kappa shape index (κ2) is 8.28. The molecule has 0 atom stereocenters. The zero-order valence-corrected chi connectivity index (χ0v) is 4.68. The molecule has 0 aliphatic rings. The molecular weight excluding hydrogens is 148 g/mol. The third kappa shape index (κ3) is 7.28. The molecule has 0 aromatic carbocycles. The van der Waals surface area contributed by atoms with Crippen LogP contribution >= 0.6 is 0 Å². The van der Waals surface area contributed by atoms with Gasteiger partial charge in [-0.05, 0) is 25.2 Å². The van der Waals surface area contributed by atoms with E-state index in [0.717, 1.165) is 0 Å². The van der Waals surface area contributed by atoms with Crippen LogP contribution in [0.1, 0.15) is 0 Å². The van der Waals surface area contributed by atoms with Crippen LogP contribution in [0.3, 0.4) is 0 Å². The van der Waals surface area contributed by atoms with Gasteiger partial charge in [0.25, 0.3) is 0 Å². The van der Waals surface area contributed by atoms with E-state index >= 15 is 0 Å². The Hall–Kier alpha value is -0.720. The third-order valence-electron chi connectivity index (χ3n) is 0.304. The van der Waals surface area contributed by atoms with Crippen LogP contribution in [0.2, 0.25) is 0 Å². The minimum atomic E-state index is -0.122. The second-order valence-corrected chi connectivity index (χ2v) is 0.813. The molecule has 0 aromatic rings. The molecule has 0 bridgehead atoms. The molecular formula is C3H4O7. The lowest BCUT2D eigenvalue weighted by atomic mass is 10.8. The quantitative estimate of drug-likeness (QED) is 0.244. The fraction of sp³-hybridized carbons (Fsp3) is 0.333. The molecule has 7 nitrogen and oxygen atoms in total.